The summed E-state index contributed by atoms with van der Waals surface area (Å²) < 4.78 is 0. The van der Waals surface area contributed by atoms with Crippen molar-refractivity contribution in [1.29, 1.82) is 0 Å². The van der Waals surface area contributed by atoms with Crippen LogP contribution in [0.15, 0.2) is 0 Å². The summed E-state index contributed by atoms with van der Waals surface area (Å²) in [5.41, 5.74) is 0. The average Bonchev–Trinajstić information content (AvgIpc) is 2.36. The third kappa shape index (κ3) is 1.30. The van der Waals surface area contributed by atoms with Crippen LogP contribution in [0.4, 0.5) is 0 Å². The van der Waals surface area contributed by atoms with E-state index in [1.807, 2.05) is 0 Å². The van der Waals surface area contributed by atoms with Gasteiger partial charge in [-0.2, -0.15) is 0 Å². The molecule has 4 fully saturated rings. The van der Waals surface area contributed by atoms with Crippen molar-refractivity contribution in [2.24, 2.45) is 11.8 Å². The van der Waals surface area contributed by atoms with Crippen molar-refractivity contribution < 1.29 is 0 Å². The summed E-state index contributed by atoms with van der Waals surface area (Å²) >= 11 is 0. The zero-order chi connectivity index (χ0) is 10.5. The lowest BCUT2D eigenvalue weighted by Gasteiger charge is -2.57. The van der Waals surface area contributed by atoms with E-state index in [1.165, 1.54) is 25.7 Å². The zero-order valence-electron chi connectivity index (χ0n) is 9.71. The Labute approximate surface area is 96.9 Å². The highest BCUT2D eigenvalue weighted by molar-refractivity contribution is 5.09. The fourth-order valence-corrected chi connectivity index (χ4v) is 4.72. The van der Waals surface area contributed by atoms with Crippen molar-refractivity contribution >= 4 is 0 Å². The lowest BCUT2D eigenvalue weighted by molar-refractivity contribution is -0.00556. The van der Waals surface area contributed by atoms with E-state index in [9.17, 15) is 0 Å². The van der Waals surface area contributed by atoms with Gasteiger partial charge < -0.3 is 21.3 Å². The topological polar surface area (TPSA) is 48.1 Å². The van der Waals surface area contributed by atoms with E-state index in [2.05, 4.69) is 21.3 Å². The predicted octanol–water partition coefficient (Wildman–Crippen LogP) is -0.419. The van der Waals surface area contributed by atoms with Crippen LogP contribution in [-0.2, 0) is 0 Å². The summed E-state index contributed by atoms with van der Waals surface area (Å²) in [6.45, 7) is 2.05. The molecule has 4 nitrogen and oxygen atoms in total. The molecule has 0 radical (unpaired) electrons. The van der Waals surface area contributed by atoms with Gasteiger partial charge in [-0.25, -0.2) is 0 Å². The van der Waals surface area contributed by atoms with Crippen LogP contribution < -0.4 is 21.3 Å². The summed E-state index contributed by atoms with van der Waals surface area (Å²) in [5.74, 6) is 1.71. The standard InChI is InChI=1S/C12H22N4/c1-2-8-12-10(16-6-14-8)4-3-9-11(12)7(1)13-5-15-9/h7-16H,1-6H2. The molecule has 2 saturated carbocycles. The fourth-order valence-electron chi connectivity index (χ4n) is 4.72. The molecule has 4 rings (SSSR count). The van der Waals surface area contributed by atoms with Crippen LogP contribution in [0.25, 0.3) is 0 Å². The molecule has 0 aromatic carbocycles. The van der Waals surface area contributed by atoms with Crippen LogP contribution in [0.2, 0.25) is 0 Å². The summed E-state index contributed by atoms with van der Waals surface area (Å²) in [6.07, 6.45) is 5.46. The van der Waals surface area contributed by atoms with Gasteiger partial charge in [0.2, 0.25) is 0 Å². The van der Waals surface area contributed by atoms with Gasteiger partial charge in [0, 0.05) is 37.5 Å². The molecule has 4 atom stereocenters. The first-order valence-electron chi connectivity index (χ1n) is 6.87. The Morgan fingerprint density at radius 1 is 0.500 bits per heavy atom. The predicted molar refractivity (Wildman–Crippen MR) is 62.9 cm³/mol. The summed E-state index contributed by atoms with van der Waals surface area (Å²) in [6, 6.07) is 3.10. The van der Waals surface area contributed by atoms with Crippen molar-refractivity contribution in [2.45, 2.75) is 49.9 Å². The summed E-state index contributed by atoms with van der Waals surface area (Å²) in [4.78, 5) is 0. The third-order valence-corrected chi connectivity index (χ3v) is 5.34. The quantitative estimate of drug-likeness (QED) is 0.450. The first-order chi connectivity index (χ1) is 7.93. The molecule has 0 aromatic rings. The molecule has 0 spiro atoms. The van der Waals surface area contributed by atoms with E-state index < -0.39 is 0 Å². The van der Waals surface area contributed by atoms with E-state index in [4.69, 9.17) is 0 Å². The van der Waals surface area contributed by atoms with Crippen molar-refractivity contribution in [3.05, 3.63) is 0 Å². The lowest BCUT2D eigenvalue weighted by atomic mass is 9.60. The van der Waals surface area contributed by atoms with E-state index in [-0.39, 0.29) is 0 Å². The smallest absolute Gasteiger partial charge is 0.0458 e. The molecule has 2 heterocycles. The Balaban J connectivity index is 1.67. The van der Waals surface area contributed by atoms with Crippen LogP contribution >= 0.6 is 0 Å². The molecule has 2 saturated heterocycles. The lowest BCUT2D eigenvalue weighted by Crippen LogP contribution is -2.72. The van der Waals surface area contributed by atoms with Crippen LogP contribution in [0.5, 0.6) is 0 Å². The van der Waals surface area contributed by atoms with Crippen molar-refractivity contribution in [3.63, 3.8) is 0 Å². The van der Waals surface area contributed by atoms with E-state index in [0.717, 1.165) is 49.3 Å². The van der Waals surface area contributed by atoms with Crippen LogP contribution in [-0.4, -0.2) is 37.5 Å². The maximum absolute atomic E-state index is 3.67. The molecule has 2 aliphatic carbocycles. The highest BCUT2D eigenvalue weighted by Gasteiger charge is 2.51. The van der Waals surface area contributed by atoms with Crippen LogP contribution in [0.3, 0.4) is 0 Å². The molecule has 0 aromatic heterocycles. The van der Waals surface area contributed by atoms with Gasteiger partial charge >= 0.3 is 0 Å². The average molecular weight is 222 g/mol. The molecule has 4 aliphatic rings. The molecular formula is C12H22N4. The Kier molecular flexibility index (Phi) is 2.25. The Morgan fingerprint density at radius 2 is 0.812 bits per heavy atom. The van der Waals surface area contributed by atoms with Crippen molar-refractivity contribution in [1.82, 2.24) is 21.3 Å². The number of hydrogen-bond donors (Lipinski definition) is 4. The fraction of sp³-hybridized carbons (Fsp3) is 1.00. The molecule has 90 valence electrons. The van der Waals surface area contributed by atoms with Gasteiger partial charge in [0.1, 0.15) is 0 Å². The Hall–Kier alpha value is -0.160. The summed E-state index contributed by atoms with van der Waals surface area (Å²) in [7, 11) is 0. The van der Waals surface area contributed by atoms with Gasteiger partial charge in [-0.15, -0.1) is 0 Å². The monoisotopic (exact) mass is 222 g/mol. The first-order valence-corrected chi connectivity index (χ1v) is 6.87. The molecule has 16 heavy (non-hydrogen) atoms. The molecule has 4 heteroatoms. The van der Waals surface area contributed by atoms with Gasteiger partial charge in [0.05, 0.1) is 0 Å². The largest absolute Gasteiger partial charge is 0.301 e. The molecule has 4 unspecified atom stereocenters. The SMILES string of the molecule is C1NC2CCC3NCNC4CCC(N1)C2C34. The highest BCUT2D eigenvalue weighted by atomic mass is 15.2. The van der Waals surface area contributed by atoms with Gasteiger partial charge in [-0.05, 0) is 37.5 Å². The zero-order valence-corrected chi connectivity index (χ0v) is 9.71. The second kappa shape index (κ2) is 3.67. The highest BCUT2D eigenvalue weighted by Crippen LogP contribution is 2.43. The van der Waals surface area contributed by atoms with Gasteiger partial charge in [-0.1, -0.05) is 0 Å². The maximum atomic E-state index is 3.67. The minimum absolute atomic E-state index is 0.775. The van der Waals surface area contributed by atoms with Gasteiger partial charge in [0.25, 0.3) is 0 Å². The van der Waals surface area contributed by atoms with Crippen molar-refractivity contribution in [2.75, 3.05) is 13.3 Å². The Bertz CT molecular complexity index is 230. The second-order valence-corrected chi connectivity index (χ2v) is 5.91. The van der Waals surface area contributed by atoms with Crippen LogP contribution in [0, 0.1) is 11.8 Å². The van der Waals surface area contributed by atoms with E-state index in [0.29, 0.717) is 0 Å². The molecule has 0 bridgehead atoms. The second-order valence-electron chi connectivity index (χ2n) is 5.91. The normalized spacial score (nSPS) is 55.5. The number of hydrogen-bond acceptors (Lipinski definition) is 4. The van der Waals surface area contributed by atoms with Gasteiger partial charge in [0.15, 0.2) is 0 Å². The van der Waals surface area contributed by atoms with Gasteiger partial charge in [-0.3, -0.25) is 0 Å². The maximum Gasteiger partial charge on any atom is 0.0458 e. The minimum Gasteiger partial charge on any atom is -0.301 e. The molecule has 2 aliphatic heterocycles. The summed E-state index contributed by atoms with van der Waals surface area (Å²) in [5, 5.41) is 14.7. The van der Waals surface area contributed by atoms with E-state index >= 15 is 0 Å². The number of nitrogens with one attached hydrogen (secondary N) is 4. The first kappa shape index (κ1) is 9.83. The molecule has 4 N–H and O–H groups in total. The third-order valence-electron chi connectivity index (χ3n) is 5.34. The molecular weight excluding hydrogens is 200 g/mol. The van der Waals surface area contributed by atoms with E-state index in [1.54, 1.807) is 0 Å². The number of rotatable bonds is 0. The van der Waals surface area contributed by atoms with Crippen molar-refractivity contribution in [3.8, 4) is 0 Å². The minimum atomic E-state index is 0.775. The molecule has 0 amide bonds. The van der Waals surface area contributed by atoms with Crippen LogP contribution in [0.1, 0.15) is 25.7 Å². The Morgan fingerprint density at radius 3 is 1.12 bits per heavy atom.